The molecule has 1 saturated heterocycles. The van der Waals surface area contributed by atoms with Gasteiger partial charge >= 0.3 is 6.18 Å². The van der Waals surface area contributed by atoms with Crippen LogP contribution < -0.4 is 15.5 Å². The molecule has 7 nitrogen and oxygen atoms in total. The van der Waals surface area contributed by atoms with Crippen LogP contribution in [0.5, 0.6) is 0 Å². The lowest BCUT2D eigenvalue weighted by atomic mass is 10.1. The molecule has 1 aliphatic heterocycles. The van der Waals surface area contributed by atoms with Gasteiger partial charge in [0.15, 0.2) is 5.76 Å². The van der Waals surface area contributed by atoms with Crippen molar-refractivity contribution in [2.24, 2.45) is 5.92 Å². The zero-order valence-corrected chi connectivity index (χ0v) is 15.2. The Hall–Kier alpha value is -3.30. The van der Waals surface area contributed by atoms with Gasteiger partial charge in [0, 0.05) is 31.7 Å². The van der Waals surface area contributed by atoms with Crippen LogP contribution in [0.1, 0.15) is 22.5 Å². The molecule has 1 aromatic carbocycles. The second kappa shape index (κ2) is 8.38. The van der Waals surface area contributed by atoms with Crippen LogP contribution in [0.2, 0.25) is 0 Å². The summed E-state index contributed by atoms with van der Waals surface area (Å²) in [6.07, 6.45) is -3.25. The Morgan fingerprint density at radius 3 is 2.59 bits per heavy atom. The predicted molar refractivity (Wildman–Crippen MR) is 96.0 cm³/mol. The summed E-state index contributed by atoms with van der Waals surface area (Å²) in [6.45, 7) is 0.285. The zero-order chi connectivity index (χ0) is 21.0. The number of alkyl halides is 3. The van der Waals surface area contributed by atoms with Crippen molar-refractivity contribution in [2.45, 2.75) is 12.6 Å². The first-order valence-electron chi connectivity index (χ1n) is 8.83. The van der Waals surface area contributed by atoms with Crippen LogP contribution in [-0.2, 0) is 15.8 Å². The number of hydrogen-bond donors (Lipinski definition) is 2. The molecular formula is C19H18F3N3O4. The van der Waals surface area contributed by atoms with E-state index < -0.39 is 35.4 Å². The summed E-state index contributed by atoms with van der Waals surface area (Å²) in [5.41, 5.74) is -0.756. The Kier molecular flexibility index (Phi) is 5.90. The third kappa shape index (κ3) is 4.95. The minimum absolute atomic E-state index is 0.00919. The number of carbonyl (C=O) groups excluding carboxylic acids is 3. The van der Waals surface area contributed by atoms with Gasteiger partial charge in [-0.05, 0) is 30.3 Å². The van der Waals surface area contributed by atoms with Gasteiger partial charge < -0.3 is 20.0 Å². The predicted octanol–water partition coefficient (Wildman–Crippen LogP) is 2.20. The van der Waals surface area contributed by atoms with Gasteiger partial charge in [-0.15, -0.1) is 0 Å². The Bertz CT molecular complexity index is 896. The summed E-state index contributed by atoms with van der Waals surface area (Å²) in [5.74, 6) is -1.78. The molecule has 2 N–H and O–H groups in total. The molecule has 3 amide bonds. The number of carbonyl (C=O) groups is 3. The maximum absolute atomic E-state index is 12.9. The molecule has 1 aromatic heterocycles. The van der Waals surface area contributed by atoms with Gasteiger partial charge in [-0.3, -0.25) is 14.4 Å². The summed E-state index contributed by atoms with van der Waals surface area (Å²) in [5, 5.41) is 5.17. The lowest BCUT2D eigenvalue weighted by Crippen LogP contribution is -2.38. The second-order valence-corrected chi connectivity index (χ2v) is 6.48. The number of hydrogen-bond acceptors (Lipinski definition) is 4. The highest BCUT2D eigenvalue weighted by Crippen LogP contribution is 2.33. The maximum Gasteiger partial charge on any atom is 0.416 e. The third-order valence-electron chi connectivity index (χ3n) is 4.44. The summed E-state index contributed by atoms with van der Waals surface area (Å²) in [4.78, 5) is 37.3. The van der Waals surface area contributed by atoms with Crippen molar-refractivity contribution in [3.05, 3.63) is 54.0 Å². The fourth-order valence-electron chi connectivity index (χ4n) is 2.98. The molecule has 1 fully saturated rings. The summed E-state index contributed by atoms with van der Waals surface area (Å²) >= 11 is 0. The molecule has 0 spiro atoms. The second-order valence-electron chi connectivity index (χ2n) is 6.48. The molecule has 1 unspecified atom stereocenters. The van der Waals surface area contributed by atoms with Gasteiger partial charge in [0.2, 0.25) is 11.8 Å². The minimum atomic E-state index is -4.52. The largest absolute Gasteiger partial charge is 0.459 e. The van der Waals surface area contributed by atoms with E-state index in [1.165, 1.54) is 29.4 Å². The number of rotatable bonds is 6. The van der Waals surface area contributed by atoms with Gasteiger partial charge in [-0.2, -0.15) is 13.2 Å². The SMILES string of the molecule is O=C(NCCNC(=O)C1CC(=O)N(c2cccc(C(F)(F)F)c2)C1)c1ccco1. The van der Waals surface area contributed by atoms with Gasteiger partial charge in [-0.25, -0.2) is 0 Å². The Labute approximate surface area is 163 Å². The van der Waals surface area contributed by atoms with Crippen LogP contribution in [-0.4, -0.2) is 37.4 Å². The molecular weight excluding hydrogens is 391 g/mol. The van der Waals surface area contributed by atoms with Crippen molar-refractivity contribution in [2.75, 3.05) is 24.5 Å². The Morgan fingerprint density at radius 1 is 1.14 bits per heavy atom. The molecule has 154 valence electrons. The molecule has 0 radical (unpaired) electrons. The molecule has 1 aliphatic rings. The smallest absolute Gasteiger partial charge is 0.416 e. The zero-order valence-electron chi connectivity index (χ0n) is 15.2. The minimum Gasteiger partial charge on any atom is -0.459 e. The van der Waals surface area contributed by atoms with Crippen LogP contribution >= 0.6 is 0 Å². The maximum atomic E-state index is 12.9. The average Bonchev–Trinajstić information content (AvgIpc) is 3.34. The molecule has 2 aromatic rings. The first-order chi connectivity index (χ1) is 13.8. The number of amides is 3. The summed E-state index contributed by atoms with van der Waals surface area (Å²) < 4.78 is 43.6. The van der Waals surface area contributed by atoms with E-state index in [1.807, 2.05) is 0 Å². The molecule has 0 saturated carbocycles. The third-order valence-corrected chi connectivity index (χ3v) is 4.44. The van der Waals surface area contributed by atoms with E-state index in [0.29, 0.717) is 0 Å². The van der Waals surface area contributed by atoms with Crippen molar-refractivity contribution < 1.29 is 32.0 Å². The number of nitrogens with zero attached hydrogens (tertiary/aromatic N) is 1. The van der Waals surface area contributed by atoms with Crippen LogP contribution in [0.15, 0.2) is 47.1 Å². The van der Waals surface area contributed by atoms with Crippen LogP contribution in [0, 0.1) is 5.92 Å². The van der Waals surface area contributed by atoms with Gasteiger partial charge in [0.25, 0.3) is 5.91 Å². The Balaban J connectivity index is 1.51. The quantitative estimate of drug-likeness (QED) is 0.716. The number of anilines is 1. The van der Waals surface area contributed by atoms with Crippen molar-refractivity contribution >= 4 is 23.4 Å². The van der Waals surface area contributed by atoms with Gasteiger partial charge in [-0.1, -0.05) is 6.07 Å². The Morgan fingerprint density at radius 2 is 1.90 bits per heavy atom. The average molecular weight is 409 g/mol. The molecule has 2 heterocycles. The van der Waals surface area contributed by atoms with Crippen molar-refractivity contribution in [3.8, 4) is 0 Å². The first-order valence-corrected chi connectivity index (χ1v) is 8.83. The summed E-state index contributed by atoms with van der Waals surface area (Å²) in [7, 11) is 0. The number of furan rings is 1. The standard InChI is InChI=1S/C19H18F3N3O4/c20-19(21,22)13-3-1-4-14(10-13)25-11-12(9-16(25)26)17(27)23-6-7-24-18(28)15-5-2-8-29-15/h1-5,8,10,12H,6-7,9,11H2,(H,23,27)(H,24,28). The van der Waals surface area contributed by atoms with Gasteiger partial charge in [0.05, 0.1) is 17.7 Å². The highest BCUT2D eigenvalue weighted by molar-refractivity contribution is 6.00. The molecule has 29 heavy (non-hydrogen) atoms. The molecule has 10 heteroatoms. The van der Waals surface area contributed by atoms with E-state index in [-0.39, 0.29) is 37.5 Å². The highest BCUT2D eigenvalue weighted by Gasteiger charge is 2.36. The fraction of sp³-hybridized carbons (Fsp3) is 0.316. The van der Waals surface area contributed by atoms with Crippen molar-refractivity contribution in [1.29, 1.82) is 0 Å². The molecule has 1 atom stereocenters. The number of benzene rings is 1. The van der Waals surface area contributed by atoms with Crippen LogP contribution in [0.4, 0.5) is 18.9 Å². The lowest BCUT2D eigenvalue weighted by molar-refractivity contribution is -0.137. The number of nitrogens with one attached hydrogen (secondary N) is 2. The van der Waals surface area contributed by atoms with E-state index in [2.05, 4.69) is 10.6 Å². The first kappa shape index (κ1) is 20.4. The van der Waals surface area contributed by atoms with E-state index in [1.54, 1.807) is 6.07 Å². The van der Waals surface area contributed by atoms with Gasteiger partial charge in [0.1, 0.15) is 0 Å². The molecule has 0 bridgehead atoms. The monoisotopic (exact) mass is 409 g/mol. The van der Waals surface area contributed by atoms with E-state index >= 15 is 0 Å². The molecule has 0 aliphatic carbocycles. The topological polar surface area (TPSA) is 91.7 Å². The van der Waals surface area contributed by atoms with Crippen molar-refractivity contribution in [1.82, 2.24) is 10.6 Å². The van der Waals surface area contributed by atoms with Crippen molar-refractivity contribution in [3.63, 3.8) is 0 Å². The highest BCUT2D eigenvalue weighted by atomic mass is 19.4. The van der Waals surface area contributed by atoms with E-state index in [4.69, 9.17) is 4.42 Å². The van der Waals surface area contributed by atoms with E-state index in [9.17, 15) is 27.6 Å². The number of halogens is 3. The fourth-order valence-corrected chi connectivity index (χ4v) is 2.98. The van der Waals surface area contributed by atoms with Crippen LogP contribution in [0.3, 0.4) is 0 Å². The summed E-state index contributed by atoms with van der Waals surface area (Å²) in [6, 6.07) is 7.51. The lowest BCUT2D eigenvalue weighted by Gasteiger charge is -2.18. The van der Waals surface area contributed by atoms with E-state index in [0.717, 1.165) is 12.1 Å². The molecule has 3 rings (SSSR count). The van der Waals surface area contributed by atoms with Crippen LogP contribution in [0.25, 0.3) is 0 Å². The normalized spacial score (nSPS) is 16.7.